The molecular weight excluding hydrogens is 347 g/mol. The molecule has 0 spiro atoms. The lowest BCUT2D eigenvalue weighted by molar-refractivity contribution is 0.595. The zero-order valence-electron chi connectivity index (χ0n) is 9.01. The van der Waals surface area contributed by atoms with Gasteiger partial charge < -0.3 is 0 Å². The zero-order chi connectivity index (χ0) is 12.3. The highest BCUT2D eigenvalue weighted by Crippen LogP contribution is 2.18. The molecule has 0 aromatic heterocycles. The molecule has 2 aromatic rings. The summed E-state index contributed by atoms with van der Waals surface area (Å²) in [6.45, 7) is 0. The van der Waals surface area contributed by atoms with E-state index in [1.54, 1.807) is 18.2 Å². The van der Waals surface area contributed by atoms with Gasteiger partial charge in [0.15, 0.2) is 9.84 Å². The average Bonchev–Trinajstić information content (AvgIpc) is 2.30. The SMILES string of the molecule is O=S(=O)(Cc1ccccc1)c1cccc(I)c1. The van der Waals surface area contributed by atoms with Crippen LogP contribution in [0.2, 0.25) is 0 Å². The van der Waals surface area contributed by atoms with Crippen LogP contribution in [0.25, 0.3) is 0 Å². The molecule has 0 aliphatic carbocycles. The van der Waals surface area contributed by atoms with Gasteiger partial charge in [-0.25, -0.2) is 8.42 Å². The second-order valence-electron chi connectivity index (χ2n) is 3.70. The van der Waals surface area contributed by atoms with E-state index in [1.165, 1.54) is 0 Å². The first-order valence-corrected chi connectivity index (χ1v) is 7.83. The van der Waals surface area contributed by atoms with E-state index in [0.717, 1.165) is 9.13 Å². The number of halogens is 1. The van der Waals surface area contributed by atoms with Crippen LogP contribution in [0.3, 0.4) is 0 Å². The molecule has 0 bridgehead atoms. The fraction of sp³-hybridized carbons (Fsp3) is 0.0769. The van der Waals surface area contributed by atoms with Crippen molar-refractivity contribution in [3.63, 3.8) is 0 Å². The first-order chi connectivity index (χ1) is 8.08. The minimum Gasteiger partial charge on any atom is -0.223 e. The van der Waals surface area contributed by atoms with Crippen molar-refractivity contribution in [2.45, 2.75) is 10.6 Å². The maximum atomic E-state index is 12.2. The van der Waals surface area contributed by atoms with Gasteiger partial charge in [-0.1, -0.05) is 36.4 Å². The minimum atomic E-state index is -3.24. The van der Waals surface area contributed by atoms with Gasteiger partial charge in [0.2, 0.25) is 0 Å². The van der Waals surface area contributed by atoms with Crippen molar-refractivity contribution in [2.24, 2.45) is 0 Å². The normalized spacial score (nSPS) is 11.4. The molecule has 0 aliphatic heterocycles. The van der Waals surface area contributed by atoms with Crippen LogP contribution in [0.1, 0.15) is 5.56 Å². The monoisotopic (exact) mass is 358 g/mol. The lowest BCUT2D eigenvalue weighted by atomic mass is 10.2. The van der Waals surface area contributed by atoms with Crippen LogP contribution in [0.15, 0.2) is 59.5 Å². The predicted octanol–water partition coefficient (Wildman–Crippen LogP) is 3.27. The summed E-state index contributed by atoms with van der Waals surface area (Å²) < 4.78 is 25.2. The molecule has 0 aliphatic rings. The summed E-state index contributed by atoms with van der Waals surface area (Å²) in [7, 11) is -3.24. The van der Waals surface area contributed by atoms with Crippen LogP contribution in [-0.2, 0) is 15.6 Å². The van der Waals surface area contributed by atoms with Crippen LogP contribution >= 0.6 is 22.6 Å². The van der Waals surface area contributed by atoms with Gasteiger partial charge in [-0.2, -0.15) is 0 Å². The van der Waals surface area contributed by atoms with Gasteiger partial charge in [0.25, 0.3) is 0 Å². The van der Waals surface area contributed by atoms with Crippen LogP contribution in [-0.4, -0.2) is 8.42 Å². The second-order valence-corrected chi connectivity index (χ2v) is 6.94. The molecule has 88 valence electrons. The van der Waals surface area contributed by atoms with E-state index >= 15 is 0 Å². The molecular formula is C13H11IO2S. The summed E-state index contributed by atoms with van der Waals surface area (Å²) in [6.07, 6.45) is 0. The van der Waals surface area contributed by atoms with Crippen LogP contribution in [0.4, 0.5) is 0 Å². The molecule has 2 rings (SSSR count). The molecule has 2 nitrogen and oxygen atoms in total. The predicted molar refractivity (Wildman–Crippen MR) is 76.5 cm³/mol. The van der Waals surface area contributed by atoms with Crippen molar-refractivity contribution >= 4 is 32.4 Å². The maximum Gasteiger partial charge on any atom is 0.182 e. The van der Waals surface area contributed by atoms with E-state index < -0.39 is 9.84 Å². The number of sulfone groups is 1. The smallest absolute Gasteiger partial charge is 0.182 e. The van der Waals surface area contributed by atoms with E-state index in [2.05, 4.69) is 22.6 Å². The quantitative estimate of drug-likeness (QED) is 0.790. The molecule has 0 amide bonds. The van der Waals surface area contributed by atoms with Crippen molar-refractivity contribution < 1.29 is 8.42 Å². The lowest BCUT2D eigenvalue weighted by Crippen LogP contribution is -2.04. The highest BCUT2D eigenvalue weighted by Gasteiger charge is 2.15. The molecule has 0 radical (unpaired) electrons. The van der Waals surface area contributed by atoms with Gasteiger partial charge in [0.05, 0.1) is 10.6 Å². The Hall–Kier alpha value is -0.880. The molecule has 0 saturated heterocycles. The van der Waals surface area contributed by atoms with Gasteiger partial charge in [-0.3, -0.25) is 0 Å². The number of benzene rings is 2. The molecule has 4 heteroatoms. The van der Waals surface area contributed by atoms with Crippen molar-refractivity contribution in [2.75, 3.05) is 0 Å². The third-order valence-corrected chi connectivity index (χ3v) is 4.71. The number of hydrogen-bond donors (Lipinski definition) is 0. The second kappa shape index (κ2) is 5.18. The first kappa shape index (κ1) is 12.6. The van der Waals surface area contributed by atoms with E-state index in [9.17, 15) is 8.42 Å². The Morgan fingerprint density at radius 3 is 2.29 bits per heavy atom. The topological polar surface area (TPSA) is 34.1 Å². The Morgan fingerprint density at radius 1 is 0.941 bits per heavy atom. The fourth-order valence-electron chi connectivity index (χ4n) is 1.54. The lowest BCUT2D eigenvalue weighted by Gasteiger charge is -2.04. The minimum absolute atomic E-state index is 0.0495. The fourth-order valence-corrected chi connectivity index (χ4v) is 3.68. The van der Waals surface area contributed by atoms with Crippen molar-refractivity contribution in [1.82, 2.24) is 0 Å². The third kappa shape index (κ3) is 3.29. The van der Waals surface area contributed by atoms with E-state index in [-0.39, 0.29) is 5.75 Å². The van der Waals surface area contributed by atoms with Gasteiger partial charge in [-0.05, 0) is 46.4 Å². The standard InChI is InChI=1S/C13H11IO2S/c14-12-7-4-8-13(9-12)17(15,16)10-11-5-2-1-3-6-11/h1-9H,10H2. The molecule has 0 unspecified atom stereocenters. The van der Waals surface area contributed by atoms with Crippen molar-refractivity contribution in [3.05, 3.63) is 63.7 Å². The highest BCUT2D eigenvalue weighted by molar-refractivity contribution is 14.1. The van der Waals surface area contributed by atoms with Crippen LogP contribution in [0.5, 0.6) is 0 Å². The van der Waals surface area contributed by atoms with Crippen LogP contribution < -0.4 is 0 Å². The Labute approximate surface area is 115 Å². The maximum absolute atomic E-state index is 12.2. The summed E-state index contributed by atoms with van der Waals surface area (Å²) >= 11 is 2.11. The summed E-state index contributed by atoms with van der Waals surface area (Å²) in [6, 6.07) is 16.2. The van der Waals surface area contributed by atoms with E-state index in [1.807, 2.05) is 36.4 Å². The first-order valence-electron chi connectivity index (χ1n) is 5.10. The van der Waals surface area contributed by atoms with Crippen molar-refractivity contribution in [3.8, 4) is 0 Å². The van der Waals surface area contributed by atoms with E-state index in [0.29, 0.717) is 4.90 Å². The molecule has 0 saturated carbocycles. The Morgan fingerprint density at radius 2 is 1.65 bits per heavy atom. The molecule has 0 atom stereocenters. The summed E-state index contributed by atoms with van der Waals surface area (Å²) in [4.78, 5) is 0.383. The summed E-state index contributed by atoms with van der Waals surface area (Å²) in [5.41, 5.74) is 0.811. The van der Waals surface area contributed by atoms with Crippen molar-refractivity contribution in [1.29, 1.82) is 0 Å². The molecule has 0 N–H and O–H groups in total. The third-order valence-electron chi connectivity index (χ3n) is 2.35. The molecule has 2 aromatic carbocycles. The highest BCUT2D eigenvalue weighted by atomic mass is 127. The number of rotatable bonds is 3. The van der Waals surface area contributed by atoms with Gasteiger partial charge in [0, 0.05) is 3.57 Å². The zero-order valence-corrected chi connectivity index (χ0v) is 12.0. The van der Waals surface area contributed by atoms with E-state index in [4.69, 9.17) is 0 Å². The Kier molecular flexibility index (Phi) is 3.83. The summed E-state index contributed by atoms with van der Waals surface area (Å²) in [5, 5.41) is 0. The van der Waals surface area contributed by atoms with Crippen LogP contribution in [0, 0.1) is 3.57 Å². The molecule has 0 heterocycles. The largest absolute Gasteiger partial charge is 0.223 e. The average molecular weight is 358 g/mol. The Balaban J connectivity index is 2.32. The van der Waals surface area contributed by atoms with Gasteiger partial charge in [0.1, 0.15) is 0 Å². The Bertz CT molecular complexity index is 606. The molecule has 17 heavy (non-hydrogen) atoms. The molecule has 0 fully saturated rings. The number of hydrogen-bond acceptors (Lipinski definition) is 2. The summed E-state index contributed by atoms with van der Waals surface area (Å²) in [5.74, 6) is 0.0495. The van der Waals surface area contributed by atoms with Gasteiger partial charge >= 0.3 is 0 Å². The van der Waals surface area contributed by atoms with Gasteiger partial charge in [-0.15, -0.1) is 0 Å².